The molecule has 1 aliphatic heterocycles. The van der Waals surface area contributed by atoms with E-state index in [1.807, 2.05) is 0 Å². The lowest BCUT2D eigenvalue weighted by atomic mass is 9.95. The predicted octanol–water partition coefficient (Wildman–Crippen LogP) is 5.29. The van der Waals surface area contributed by atoms with Crippen molar-refractivity contribution >= 4 is 11.6 Å². The fourth-order valence-electron chi connectivity index (χ4n) is 4.24. The van der Waals surface area contributed by atoms with Gasteiger partial charge < -0.3 is 14.4 Å². The second-order valence-corrected chi connectivity index (χ2v) is 7.94. The second kappa shape index (κ2) is 7.79. The first-order valence-corrected chi connectivity index (χ1v) is 10.4. The maximum absolute atomic E-state index is 13.5. The molecule has 0 radical (unpaired) electrons. The first-order valence-electron chi connectivity index (χ1n) is 10.4. The van der Waals surface area contributed by atoms with Crippen molar-refractivity contribution in [1.82, 2.24) is 9.78 Å². The summed E-state index contributed by atoms with van der Waals surface area (Å²) in [6.45, 7) is 0. The van der Waals surface area contributed by atoms with Crippen LogP contribution in [0.25, 0.3) is 5.69 Å². The van der Waals surface area contributed by atoms with Crippen molar-refractivity contribution in [3.8, 4) is 17.2 Å². The van der Waals surface area contributed by atoms with Gasteiger partial charge in [0.15, 0.2) is 11.5 Å². The summed E-state index contributed by atoms with van der Waals surface area (Å²) in [5.41, 5.74) is 2.23. The molecular weight excluding hydrogens is 442 g/mol. The van der Waals surface area contributed by atoms with Crippen LogP contribution in [0.5, 0.6) is 11.5 Å². The highest BCUT2D eigenvalue weighted by atomic mass is 19.3. The first-order chi connectivity index (χ1) is 15.7. The lowest BCUT2D eigenvalue weighted by Crippen LogP contribution is -2.26. The molecule has 2 heterocycles. The van der Waals surface area contributed by atoms with E-state index in [0.717, 1.165) is 18.5 Å². The molecule has 0 fully saturated rings. The number of ether oxygens (including phenoxy) is 2. The third-order valence-corrected chi connectivity index (χ3v) is 5.83. The minimum absolute atomic E-state index is 0.120. The van der Waals surface area contributed by atoms with Gasteiger partial charge in [0.1, 0.15) is 5.69 Å². The lowest BCUT2D eigenvalue weighted by molar-refractivity contribution is -0.286. The number of hydrogen-bond acceptors (Lipinski definition) is 4. The van der Waals surface area contributed by atoms with Gasteiger partial charge in [0.2, 0.25) is 0 Å². The van der Waals surface area contributed by atoms with Crippen LogP contribution in [0.3, 0.4) is 0 Å². The number of halogens is 4. The van der Waals surface area contributed by atoms with Gasteiger partial charge in [-0.15, -0.1) is 8.78 Å². The van der Waals surface area contributed by atoms with E-state index < -0.39 is 18.6 Å². The van der Waals surface area contributed by atoms with Gasteiger partial charge in [-0.2, -0.15) is 5.10 Å². The van der Waals surface area contributed by atoms with Crippen molar-refractivity contribution in [3.63, 3.8) is 0 Å². The van der Waals surface area contributed by atoms with Crippen LogP contribution in [0, 0.1) is 0 Å². The number of nitrogens with zero attached hydrogens (tertiary/aromatic N) is 3. The number of carbonyl (C=O) groups excluding carboxylic acids is 1. The number of anilines is 1. The van der Waals surface area contributed by atoms with Gasteiger partial charge in [-0.3, -0.25) is 4.79 Å². The third kappa shape index (κ3) is 3.79. The molecule has 0 N–H and O–H groups in total. The molecule has 10 heteroatoms. The standard InChI is InChI=1S/C23H19F4N3O3/c1-29(14-9-10-18-19(12-14)33-23(26,27)32-18)22(31)13-5-4-6-15(11-13)30-17-8-3-2-7-16(17)20(28-30)21(24)25/h4-6,9-12,21H,2-3,7-8H2,1H3. The molecule has 1 aliphatic carbocycles. The van der Waals surface area contributed by atoms with Crippen LogP contribution in [-0.2, 0) is 12.8 Å². The topological polar surface area (TPSA) is 56.6 Å². The van der Waals surface area contributed by atoms with Gasteiger partial charge >= 0.3 is 6.29 Å². The molecule has 1 amide bonds. The van der Waals surface area contributed by atoms with Crippen LogP contribution in [0.4, 0.5) is 23.2 Å². The number of carbonyl (C=O) groups is 1. The molecule has 0 bridgehead atoms. The number of hydrogen-bond donors (Lipinski definition) is 0. The lowest BCUT2D eigenvalue weighted by Gasteiger charge is -2.19. The molecule has 0 spiro atoms. The molecule has 0 unspecified atom stereocenters. The Morgan fingerprint density at radius 3 is 2.64 bits per heavy atom. The summed E-state index contributed by atoms with van der Waals surface area (Å²) < 4.78 is 64.0. The normalized spacial score (nSPS) is 16.1. The van der Waals surface area contributed by atoms with Crippen LogP contribution in [0.1, 0.15) is 46.6 Å². The third-order valence-electron chi connectivity index (χ3n) is 5.83. The van der Waals surface area contributed by atoms with Crippen molar-refractivity contribution in [1.29, 1.82) is 0 Å². The number of aromatic nitrogens is 2. The molecule has 33 heavy (non-hydrogen) atoms. The summed E-state index contributed by atoms with van der Waals surface area (Å²) in [7, 11) is 1.50. The maximum atomic E-state index is 13.5. The number of alkyl halides is 4. The Morgan fingerprint density at radius 1 is 1.09 bits per heavy atom. The van der Waals surface area contributed by atoms with E-state index in [-0.39, 0.29) is 22.8 Å². The fraction of sp³-hybridized carbons (Fsp3) is 0.304. The molecule has 2 aromatic carbocycles. The molecule has 0 atom stereocenters. The van der Waals surface area contributed by atoms with Crippen molar-refractivity contribution < 1.29 is 31.8 Å². The minimum Gasteiger partial charge on any atom is -0.395 e. The quantitative estimate of drug-likeness (QED) is 0.496. The van der Waals surface area contributed by atoms with Crippen molar-refractivity contribution in [2.75, 3.05) is 11.9 Å². The zero-order valence-corrected chi connectivity index (χ0v) is 17.5. The van der Waals surface area contributed by atoms with Crippen LogP contribution in [0.15, 0.2) is 42.5 Å². The zero-order chi connectivity index (χ0) is 23.3. The number of benzene rings is 2. The Hall–Kier alpha value is -3.56. The Balaban J connectivity index is 1.45. The molecule has 2 aliphatic rings. The number of amides is 1. The first kappa shape index (κ1) is 21.3. The molecule has 0 saturated carbocycles. The molecule has 0 saturated heterocycles. The highest BCUT2D eigenvalue weighted by Crippen LogP contribution is 2.43. The van der Waals surface area contributed by atoms with Crippen LogP contribution < -0.4 is 14.4 Å². The largest absolute Gasteiger partial charge is 0.586 e. The minimum atomic E-state index is -3.75. The predicted molar refractivity (Wildman–Crippen MR) is 111 cm³/mol. The average Bonchev–Trinajstić information content (AvgIpc) is 3.34. The Bertz CT molecular complexity index is 1240. The van der Waals surface area contributed by atoms with E-state index in [9.17, 15) is 22.4 Å². The number of fused-ring (bicyclic) bond motifs is 2. The molecule has 3 aromatic rings. The van der Waals surface area contributed by atoms with E-state index in [2.05, 4.69) is 14.6 Å². The Labute approximate surface area is 186 Å². The van der Waals surface area contributed by atoms with Crippen molar-refractivity contribution in [3.05, 3.63) is 65.0 Å². The summed E-state index contributed by atoms with van der Waals surface area (Å²) >= 11 is 0. The highest BCUT2D eigenvalue weighted by molar-refractivity contribution is 6.06. The molecular formula is C23H19F4N3O3. The second-order valence-electron chi connectivity index (χ2n) is 7.94. The van der Waals surface area contributed by atoms with Crippen molar-refractivity contribution in [2.24, 2.45) is 0 Å². The Morgan fingerprint density at radius 2 is 1.85 bits per heavy atom. The van der Waals surface area contributed by atoms with Crippen molar-refractivity contribution in [2.45, 2.75) is 38.4 Å². The van der Waals surface area contributed by atoms with Gasteiger partial charge in [0, 0.05) is 35.6 Å². The Kier molecular flexibility index (Phi) is 5.02. The van der Waals surface area contributed by atoms with Gasteiger partial charge in [0.05, 0.1) is 5.69 Å². The van der Waals surface area contributed by atoms with E-state index >= 15 is 0 Å². The molecule has 6 nitrogen and oxygen atoms in total. The van der Waals surface area contributed by atoms with Crippen LogP contribution >= 0.6 is 0 Å². The van der Waals surface area contributed by atoms with E-state index in [1.54, 1.807) is 24.3 Å². The summed E-state index contributed by atoms with van der Waals surface area (Å²) in [5, 5.41) is 4.16. The highest BCUT2D eigenvalue weighted by Gasteiger charge is 2.43. The zero-order valence-electron chi connectivity index (χ0n) is 17.5. The number of rotatable bonds is 4. The summed E-state index contributed by atoms with van der Waals surface area (Å²) in [4.78, 5) is 14.4. The van der Waals surface area contributed by atoms with Gasteiger partial charge in [-0.1, -0.05) is 6.07 Å². The summed E-state index contributed by atoms with van der Waals surface area (Å²) in [5.74, 6) is -0.712. The molecule has 1 aromatic heterocycles. The summed E-state index contributed by atoms with van der Waals surface area (Å²) in [6.07, 6.45) is -3.52. The molecule has 172 valence electrons. The van der Waals surface area contributed by atoms with Gasteiger partial charge in [-0.05, 0) is 56.0 Å². The molecule has 5 rings (SSSR count). The monoisotopic (exact) mass is 461 g/mol. The van der Waals surface area contributed by atoms with E-state index in [0.29, 0.717) is 29.8 Å². The average molecular weight is 461 g/mol. The maximum Gasteiger partial charge on any atom is 0.586 e. The van der Waals surface area contributed by atoms with E-state index in [1.165, 1.54) is 34.8 Å². The summed E-state index contributed by atoms with van der Waals surface area (Å²) in [6, 6.07) is 10.6. The SMILES string of the molecule is CN(C(=O)c1cccc(-n2nc(C(F)F)c3c2CCCC3)c1)c1ccc2c(c1)OC(F)(F)O2. The van der Waals surface area contributed by atoms with Gasteiger partial charge in [0.25, 0.3) is 12.3 Å². The van der Waals surface area contributed by atoms with Crippen LogP contribution in [-0.4, -0.2) is 29.0 Å². The van der Waals surface area contributed by atoms with E-state index in [4.69, 9.17) is 0 Å². The smallest absolute Gasteiger partial charge is 0.395 e. The fourth-order valence-corrected chi connectivity index (χ4v) is 4.24. The van der Waals surface area contributed by atoms with Gasteiger partial charge in [-0.25, -0.2) is 13.5 Å². The van der Waals surface area contributed by atoms with Crippen LogP contribution in [0.2, 0.25) is 0 Å².